The molecule has 0 spiro atoms. The number of hydrogen-bond donors (Lipinski definition) is 1. The second-order valence-corrected chi connectivity index (χ2v) is 5.61. The Morgan fingerprint density at radius 1 is 1.32 bits per heavy atom. The van der Waals surface area contributed by atoms with E-state index in [4.69, 9.17) is 4.74 Å². The summed E-state index contributed by atoms with van der Waals surface area (Å²) in [4.78, 5) is 4.60. The fourth-order valence-corrected chi connectivity index (χ4v) is 1.62. The molecule has 0 aliphatic carbocycles. The third-order valence-electron chi connectivity index (χ3n) is 2.77. The van der Waals surface area contributed by atoms with E-state index in [2.05, 4.69) is 44.1 Å². The predicted molar refractivity (Wildman–Crippen MR) is 80.6 cm³/mol. The quantitative estimate of drug-likeness (QED) is 0.797. The Kier molecular flexibility index (Phi) is 6.03. The third kappa shape index (κ3) is 5.43. The van der Waals surface area contributed by atoms with Crippen LogP contribution in [0.2, 0.25) is 0 Å². The topological polar surface area (TPSA) is 34.1 Å². The number of ether oxygens (including phenoxy) is 1. The van der Waals surface area contributed by atoms with Crippen molar-refractivity contribution < 1.29 is 4.74 Å². The van der Waals surface area contributed by atoms with E-state index in [0.29, 0.717) is 12.5 Å². The Morgan fingerprint density at radius 3 is 2.63 bits per heavy atom. The first kappa shape index (κ1) is 15.7. The van der Waals surface area contributed by atoms with Gasteiger partial charge in [-0.2, -0.15) is 0 Å². The lowest BCUT2D eigenvalue weighted by Gasteiger charge is -2.20. The van der Waals surface area contributed by atoms with Gasteiger partial charge in [-0.1, -0.05) is 39.8 Å². The van der Waals surface area contributed by atoms with E-state index >= 15 is 0 Å². The predicted octanol–water partition coefficient (Wildman–Crippen LogP) is 3.44. The van der Waals surface area contributed by atoms with Crippen LogP contribution < -0.4 is 10.1 Å². The Hall–Kier alpha value is -1.35. The van der Waals surface area contributed by atoms with Gasteiger partial charge in [-0.25, -0.2) is 4.98 Å². The highest BCUT2D eigenvalue weighted by atomic mass is 16.5. The maximum absolute atomic E-state index is 5.68. The van der Waals surface area contributed by atoms with Crippen LogP contribution in [0.25, 0.3) is 0 Å². The lowest BCUT2D eigenvalue weighted by molar-refractivity contribution is 0.343. The van der Waals surface area contributed by atoms with Gasteiger partial charge in [0.15, 0.2) is 0 Å². The molecule has 0 bridgehead atoms. The van der Waals surface area contributed by atoms with Crippen molar-refractivity contribution in [3.63, 3.8) is 0 Å². The molecule has 0 radical (unpaired) electrons. The first-order chi connectivity index (χ1) is 8.97. The van der Waals surface area contributed by atoms with Gasteiger partial charge in [0.25, 0.3) is 0 Å². The normalized spacial score (nSPS) is 12.1. The Morgan fingerprint density at radius 2 is 2.05 bits per heavy atom. The van der Waals surface area contributed by atoms with Gasteiger partial charge in [-0.3, -0.25) is 0 Å². The summed E-state index contributed by atoms with van der Waals surface area (Å²) in [6.45, 7) is 13.0. The zero-order chi connectivity index (χ0) is 14.3. The van der Waals surface area contributed by atoms with Crippen molar-refractivity contribution in [2.24, 2.45) is 0 Å². The van der Waals surface area contributed by atoms with Gasteiger partial charge in [0.2, 0.25) is 5.88 Å². The van der Waals surface area contributed by atoms with Crippen LogP contribution in [0.4, 0.5) is 0 Å². The summed E-state index contributed by atoms with van der Waals surface area (Å²) in [6.07, 6.45) is 3.96. The van der Waals surface area contributed by atoms with Crippen LogP contribution in [0.5, 0.6) is 5.88 Å². The molecule has 1 aromatic rings. The first-order valence-corrected chi connectivity index (χ1v) is 6.93. The van der Waals surface area contributed by atoms with Crippen molar-refractivity contribution in [2.45, 2.75) is 46.6 Å². The number of hydrogen-bond acceptors (Lipinski definition) is 3. The summed E-state index contributed by atoms with van der Waals surface area (Å²) >= 11 is 0. The van der Waals surface area contributed by atoms with Crippen LogP contribution in [0.15, 0.2) is 24.3 Å². The Bertz CT molecular complexity index is 419. The van der Waals surface area contributed by atoms with Crippen LogP contribution in [0, 0.1) is 0 Å². The van der Waals surface area contributed by atoms with Crippen molar-refractivity contribution >= 4 is 0 Å². The van der Waals surface area contributed by atoms with Crippen LogP contribution in [-0.4, -0.2) is 18.1 Å². The molecule has 3 heteroatoms. The highest BCUT2D eigenvalue weighted by molar-refractivity contribution is 5.28. The van der Waals surface area contributed by atoms with E-state index < -0.39 is 0 Å². The van der Waals surface area contributed by atoms with Gasteiger partial charge < -0.3 is 10.1 Å². The molecular formula is C16H26N2O. The molecule has 3 nitrogen and oxygen atoms in total. The lowest BCUT2D eigenvalue weighted by Crippen LogP contribution is -2.17. The van der Waals surface area contributed by atoms with E-state index in [1.807, 2.05) is 25.1 Å². The molecule has 106 valence electrons. The monoisotopic (exact) mass is 262 g/mol. The maximum Gasteiger partial charge on any atom is 0.214 e. The number of nitrogens with zero attached hydrogens (tertiary/aromatic N) is 1. The number of aromatic nitrogens is 1. The van der Waals surface area contributed by atoms with Gasteiger partial charge in [0, 0.05) is 18.0 Å². The van der Waals surface area contributed by atoms with Gasteiger partial charge in [0.1, 0.15) is 6.61 Å². The molecule has 0 aliphatic rings. The molecule has 0 amide bonds. The van der Waals surface area contributed by atoms with Crippen LogP contribution >= 0.6 is 0 Å². The molecule has 0 unspecified atom stereocenters. The van der Waals surface area contributed by atoms with Gasteiger partial charge in [-0.05, 0) is 25.1 Å². The maximum atomic E-state index is 5.68. The summed E-state index contributed by atoms with van der Waals surface area (Å²) in [7, 11) is 0. The summed E-state index contributed by atoms with van der Waals surface area (Å²) in [5.41, 5.74) is 2.32. The highest BCUT2D eigenvalue weighted by Gasteiger charge is 2.17. The molecule has 19 heavy (non-hydrogen) atoms. The highest BCUT2D eigenvalue weighted by Crippen LogP contribution is 2.24. The third-order valence-corrected chi connectivity index (χ3v) is 2.77. The molecule has 1 aromatic heterocycles. The molecule has 0 saturated heterocycles. The molecule has 0 fully saturated rings. The van der Waals surface area contributed by atoms with E-state index in [9.17, 15) is 0 Å². The molecule has 0 atom stereocenters. The summed E-state index contributed by atoms with van der Waals surface area (Å²) < 4.78 is 5.68. The standard InChI is InChI=1S/C16H26N2O/c1-6-8-9-19-15-11-13(12-17-7-2)10-14(18-15)16(3,4)5/h6,8,10-11,17H,7,9,12H2,1-5H3/b8-6+. The molecule has 1 N–H and O–H groups in total. The largest absolute Gasteiger partial charge is 0.473 e. The molecule has 1 rings (SSSR count). The number of allylic oxidation sites excluding steroid dienone is 1. The van der Waals surface area contributed by atoms with E-state index in [-0.39, 0.29) is 5.41 Å². The molecule has 0 saturated carbocycles. The number of rotatable bonds is 6. The van der Waals surface area contributed by atoms with E-state index in [1.165, 1.54) is 5.56 Å². The average Bonchev–Trinajstić information content (AvgIpc) is 2.35. The lowest BCUT2D eigenvalue weighted by atomic mass is 9.91. The van der Waals surface area contributed by atoms with Crippen molar-refractivity contribution in [1.82, 2.24) is 10.3 Å². The first-order valence-electron chi connectivity index (χ1n) is 6.93. The van der Waals surface area contributed by atoms with E-state index in [0.717, 1.165) is 18.8 Å². The van der Waals surface area contributed by atoms with Crippen LogP contribution in [0.3, 0.4) is 0 Å². The van der Waals surface area contributed by atoms with Gasteiger partial charge in [-0.15, -0.1) is 0 Å². The average molecular weight is 262 g/mol. The molecule has 1 heterocycles. The van der Waals surface area contributed by atoms with Gasteiger partial charge >= 0.3 is 0 Å². The molecular weight excluding hydrogens is 236 g/mol. The van der Waals surface area contributed by atoms with Crippen LogP contribution in [0.1, 0.15) is 45.9 Å². The summed E-state index contributed by atoms with van der Waals surface area (Å²) in [6, 6.07) is 4.17. The minimum Gasteiger partial charge on any atom is -0.473 e. The second-order valence-electron chi connectivity index (χ2n) is 5.61. The summed E-state index contributed by atoms with van der Waals surface area (Å²) in [5, 5.41) is 3.34. The fraction of sp³-hybridized carbons (Fsp3) is 0.562. The van der Waals surface area contributed by atoms with Crippen molar-refractivity contribution in [3.05, 3.63) is 35.5 Å². The smallest absolute Gasteiger partial charge is 0.214 e. The SMILES string of the molecule is C/C=C/COc1cc(CNCC)cc(C(C)(C)C)n1. The van der Waals surface area contributed by atoms with Crippen molar-refractivity contribution in [2.75, 3.05) is 13.2 Å². The fourth-order valence-electron chi connectivity index (χ4n) is 1.62. The number of nitrogens with one attached hydrogen (secondary N) is 1. The molecule has 0 aliphatic heterocycles. The molecule has 0 aromatic carbocycles. The Balaban J connectivity index is 2.95. The van der Waals surface area contributed by atoms with Crippen molar-refractivity contribution in [3.8, 4) is 5.88 Å². The zero-order valence-corrected chi connectivity index (χ0v) is 12.8. The van der Waals surface area contributed by atoms with Gasteiger partial charge in [0.05, 0.1) is 5.69 Å². The minimum absolute atomic E-state index is 0.0287. The number of pyridine rings is 1. The Labute approximate surface area is 117 Å². The van der Waals surface area contributed by atoms with E-state index in [1.54, 1.807) is 0 Å². The zero-order valence-electron chi connectivity index (χ0n) is 12.8. The minimum atomic E-state index is 0.0287. The summed E-state index contributed by atoms with van der Waals surface area (Å²) in [5.74, 6) is 0.707. The van der Waals surface area contributed by atoms with Crippen LogP contribution in [-0.2, 0) is 12.0 Å². The van der Waals surface area contributed by atoms with Crippen molar-refractivity contribution in [1.29, 1.82) is 0 Å². The second kappa shape index (κ2) is 7.29.